The number of aromatic nitrogens is 1. The Bertz CT molecular complexity index is 909. The number of nitrogens with one attached hydrogen (secondary N) is 1. The predicted octanol–water partition coefficient (Wildman–Crippen LogP) is 4.15. The lowest BCUT2D eigenvalue weighted by atomic mass is 10.1. The molecular formula is C23H25N3O. The summed E-state index contributed by atoms with van der Waals surface area (Å²) in [5.41, 5.74) is 3.96. The Morgan fingerprint density at radius 2 is 1.70 bits per heavy atom. The lowest BCUT2D eigenvalue weighted by Gasteiger charge is -2.26. The Morgan fingerprint density at radius 1 is 0.926 bits per heavy atom. The van der Waals surface area contributed by atoms with Gasteiger partial charge in [-0.25, -0.2) is 0 Å². The van der Waals surface area contributed by atoms with Crippen molar-refractivity contribution in [2.45, 2.75) is 32.4 Å². The van der Waals surface area contributed by atoms with Crippen LogP contribution in [0.5, 0.6) is 0 Å². The molecule has 4 rings (SSSR count). The normalized spacial score (nSPS) is 15.0. The van der Waals surface area contributed by atoms with Crippen molar-refractivity contribution < 1.29 is 4.79 Å². The molecule has 0 bridgehead atoms. The molecule has 0 atom stereocenters. The number of pyridine rings is 1. The van der Waals surface area contributed by atoms with Gasteiger partial charge in [-0.15, -0.1) is 0 Å². The lowest BCUT2D eigenvalue weighted by molar-refractivity contribution is 0.0952. The maximum Gasteiger partial charge on any atom is 0.252 e. The zero-order chi connectivity index (χ0) is 18.5. The number of likely N-dealkylation sites (tertiary alicyclic amines) is 1. The minimum atomic E-state index is -0.0639. The van der Waals surface area contributed by atoms with Crippen LogP contribution in [0.25, 0.3) is 10.9 Å². The molecule has 4 nitrogen and oxygen atoms in total. The summed E-state index contributed by atoms with van der Waals surface area (Å²) in [6, 6.07) is 18.0. The molecular weight excluding hydrogens is 334 g/mol. The number of nitrogens with zero attached hydrogens (tertiary/aromatic N) is 2. The van der Waals surface area contributed by atoms with Crippen LogP contribution in [-0.4, -0.2) is 28.9 Å². The third-order valence-electron chi connectivity index (χ3n) is 5.22. The summed E-state index contributed by atoms with van der Waals surface area (Å²) < 4.78 is 0. The van der Waals surface area contributed by atoms with Gasteiger partial charge in [0.1, 0.15) is 0 Å². The van der Waals surface area contributed by atoms with E-state index in [1.165, 1.54) is 37.9 Å². The van der Waals surface area contributed by atoms with Gasteiger partial charge in [-0.05, 0) is 55.3 Å². The highest BCUT2D eigenvalue weighted by Gasteiger charge is 2.11. The fourth-order valence-corrected chi connectivity index (χ4v) is 3.72. The Kier molecular flexibility index (Phi) is 5.45. The molecule has 1 fully saturated rings. The molecule has 0 radical (unpaired) electrons. The van der Waals surface area contributed by atoms with Crippen molar-refractivity contribution in [1.29, 1.82) is 0 Å². The first-order valence-electron chi connectivity index (χ1n) is 9.72. The average molecular weight is 359 g/mol. The van der Waals surface area contributed by atoms with E-state index < -0.39 is 0 Å². The van der Waals surface area contributed by atoms with Crippen LogP contribution in [0.3, 0.4) is 0 Å². The van der Waals surface area contributed by atoms with Crippen LogP contribution in [0.1, 0.15) is 40.7 Å². The molecule has 0 aliphatic carbocycles. The third kappa shape index (κ3) is 4.34. The largest absolute Gasteiger partial charge is 0.348 e. The lowest BCUT2D eigenvalue weighted by Crippen LogP contribution is -2.29. The number of hydrogen-bond acceptors (Lipinski definition) is 3. The van der Waals surface area contributed by atoms with Crippen LogP contribution in [-0.2, 0) is 13.1 Å². The monoisotopic (exact) mass is 359 g/mol. The molecule has 0 saturated carbocycles. The van der Waals surface area contributed by atoms with Crippen LogP contribution >= 0.6 is 0 Å². The second kappa shape index (κ2) is 8.31. The van der Waals surface area contributed by atoms with Gasteiger partial charge in [-0.1, -0.05) is 42.8 Å². The van der Waals surface area contributed by atoms with Crippen LogP contribution in [0.15, 0.2) is 60.8 Å². The van der Waals surface area contributed by atoms with Gasteiger partial charge in [-0.3, -0.25) is 14.7 Å². The smallest absolute Gasteiger partial charge is 0.252 e. The summed E-state index contributed by atoms with van der Waals surface area (Å²) in [6.07, 6.45) is 5.74. The van der Waals surface area contributed by atoms with Crippen molar-refractivity contribution in [3.63, 3.8) is 0 Å². The van der Waals surface area contributed by atoms with Gasteiger partial charge in [0, 0.05) is 30.2 Å². The zero-order valence-electron chi connectivity index (χ0n) is 15.5. The Balaban J connectivity index is 1.37. The first kappa shape index (κ1) is 17.7. The highest BCUT2D eigenvalue weighted by Crippen LogP contribution is 2.17. The number of benzene rings is 2. The van der Waals surface area contributed by atoms with E-state index >= 15 is 0 Å². The van der Waals surface area contributed by atoms with E-state index in [0.29, 0.717) is 12.1 Å². The molecule has 1 aromatic heterocycles. The number of carbonyl (C=O) groups excluding carboxylic acids is 1. The molecule has 0 unspecified atom stereocenters. The number of carbonyl (C=O) groups is 1. The maximum absolute atomic E-state index is 12.6. The van der Waals surface area contributed by atoms with E-state index in [1.807, 2.05) is 30.3 Å². The fourth-order valence-electron chi connectivity index (χ4n) is 3.72. The van der Waals surface area contributed by atoms with Gasteiger partial charge in [0.05, 0.1) is 5.52 Å². The quantitative estimate of drug-likeness (QED) is 0.744. The van der Waals surface area contributed by atoms with Crippen LogP contribution in [0.4, 0.5) is 0 Å². The van der Waals surface area contributed by atoms with Crippen molar-refractivity contribution in [3.8, 4) is 0 Å². The molecule has 1 N–H and O–H groups in total. The predicted molar refractivity (Wildman–Crippen MR) is 108 cm³/mol. The summed E-state index contributed by atoms with van der Waals surface area (Å²) in [5.74, 6) is -0.0639. The van der Waals surface area contributed by atoms with Crippen molar-refractivity contribution in [1.82, 2.24) is 15.2 Å². The molecule has 1 amide bonds. The highest BCUT2D eigenvalue weighted by molar-refractivity contribution is 6.06. The summed E-state index contributed by atoms with van der Waals surface area (Å²) in [6.45, 7) is 3.96. The van der Waals surface area contributed by atoms with Crippen LogP contribution in [0, 0.1) is 0 Å². The molecule has 138 valence electrons. The van der Waals surface area contributed by atoms with Crippen LogP contribution < -0.4 is 5.32 Å². The second-order valence-electron chi connectivity index (χ2n) is 7.21. The molecule has 1 saturated heterocycles. The number of rotatable bonds is 5. The van der Waals surface area contributed by atoms with Crippen molar-refractivity contribution >= 4 is 16.8 Å². The van der Waals surface area contributed by atoms with E-state index in [1.54, 1.807) is 6.20 Å². The van der Waals surface area contributed by atoms with E-state index in [-0.39, 0.29) is 5.91 Å². The molecule has 2 aromatic carbocycles. The number of fused-ring (bicyclic) bond motifs is 1. The minimum Gasteiger partial charge on any atom is -0.348 e. The molecule has 1 aliphatic rings. The first-order valence-corrected chi connectivity index (χ1v) is 9.72. The number of hydrogen-bond donors (Lipinski definition) is 1. The molecule has 2 heterocycles. The van der Waals surface area contributed by atoms with Crippen molar-refractivity contribution in [2.24, 2.45) is 0 Å². The SMILES string of the molecule is O=C(NCc1ccc(CN2CCCCC2)cc1)c1cccc2ncccc12. The van der Waals surface area contributed by atoms with E-state index in [9.17, 15) is 4.79 Å². The highest BCUT2D eigenvalue weighted by atomic mass is 16.1. The molecule has 0 spiro atoms. The Labute approximate surface area is 160 Å². The Morgan fingerprint density at radius 3 is 2.52 bits per heavy atom. The molecule has 4 heteroatoms. The molecule has 1 aliphatic heterocycles. The van der Waals surface area contributed by atoms with E-state index in [4.69, 9.17) is 0 Å². The fraction of sp³-hybridized carbons (Fsp3) is 0.304. The van der Waals surface area contributed by atoms with Gasteiger partial charge < -0.3 is 5.32 Å². The van der Waals surface area contributed by atoms with E-state index in [0.717, 1.165) is 23.0 Å². The molecule has 3 aromatic rings. The summed E-state index contributed by atoms with van der Waals surface area (Å²) >= 11 is 0. The average Bonchev–Trinajstić information content (AvgIpc) is 2.73. The number of piperidine rings is 1. The van der Waals surface area contributed by atoms with Gasteiger partial charge in [0.2, 0.25) is 0 Å². The van der Waals surface area contributed by atoms with Gasteiger partial charge >= 0.3 is 0 Å². The van der Waals surface area contributed by atoms with E-state index in [2.05, 4.69) is 39.5 Å². The maximum atomic E-state index is 12.6. The summed E-state index contributed by atoms with van der Waals surface area (Å²) in [5, 5.41) is 3.91. The number of amides is 1. The minimum absolute atomic E-state index is 0.0639. The topological polar surface area (TPSA) is 45.2 Å². The zero-order valence-corrected chi connectivity index (χ0v) is 15.5. The summed E-state index contributed by atoms with van der Waals surface area (Å²) in [4.78, 5) is 19.5. The van der Waals surface area contributed by atoms with Crippen molar-refractivity contribution in [2.75, 3.05) is 13.1 Å². The van der Waals surface area contributed by atoms with Gasteiger partial charge in [-0.2, -0.15) is 0 Å². The Hall–Kier alpha value is -2.72. The van der Waals surface area contributed by atoms with Gasteiger partial charge in [0.15, 0.2) is 0 Å². The summed E-state index contributed by atoms with van der Waals surface area (Å²) in [7, 11) is 0. The first-order chi connectivity index (χ1) is 13.3. The second-order valence-corrected chi connectivity index (χ2v) is 7.21. The van der Waals surface area contributed by atoms with Gasteiger partial charge in [0.25, 0.3) is 5.91 Å². The van der Waals surface area contributed by atoms with Crippen LogP contribution in [0.2, 0.25) is 0 Å². The molecule has 27 heavy (non-hydrogen) atoms. The standard InChI is InChI=1S/C23H25N3O/c27-23(21-6-4-8-22-20(21)7-5-13-24-22)25-16-18-9-11-19(12-10-18)17-26-14-2-1-3-15-26/h4-13H,1-3,14-17H2,(H,25,27). The third-order valence-corrected chi connectivity index (χ3v) is 5.22. The van der Waals surface area contributed by atoms with Crippen molar-refractivity contribution in [3.05, 3.63) is 77.5 Å².